The van der Waals surface area contributed by atoms with Crippen molar-refractivity contribution in [2.75, 3.05) is 0 Å². The number of hydrogen-bond acceptors (Lipinski definition) is 3. The number of ketones is 3. The van der Waals surface area contributed by atoms with Gasteiger partial charge in [-0.3, -0.25) is 14.4 Å². The normalized spacial score (nSPS) is 16.5. The zero-order valence-electron chi connectivity index (χ0n) is 22.3. The van der Waals surface area contributed by atoms with Crippen LogP contribution in [0.15, 0.2) is 12.1 Å². The summed E-state index contributed by atoms with van der Waals surface area (Å²) in [7, 11) is 0. The molecule has 2 rings (SSSR count). The summed E-state index contributed by atoms with van der Waals surface area (Å²) in [6, 6.07) is 4.22. The van der Waals surface area contributed by atoms with Crippen LogP contribution in [0.2, 0.25) is 0 Å². The third-order valence-electron chi connectivity index (χ3n) is 6.22. The molecule has 0 amide bonds. The average Bonchev–Trinajstić information content (AvgIpc) is 2.73. The zero-order chi connectivity index (χ0) is 24.8. The van der Waals surface area contributed by atoms with Crippen molar-refractivity contribution in [1.29, 1.82) is 0 Å². The van der Waals surface area contributed by atoms with Crippen LogP contribution in [0, 0.1) is 31.6 Å². The van der Waals surface area contributed by atoms with Gasteiger partial charge in [-0.25, -0.2) is 0 Å². The van der Waals surface area contributed by atoms with Gasteiger partial charge in [-0.05, 0) is 68.6 Å². The van der Waals surface area contributed by atoms with E-state index < -0.39 is 0 Å². The minimum atomic E-state index is -0.0647. The van der Waals surface area contributed by atoms with Gasteiger partial charge in [-0.1, -0.05) is 72.9 Å². The maximum atomic E-state index is 12.8. The van der Waals surface area contributed by atoms with Crippen LogP contribution in [0.5, 0.6) is 0 Å². The monoisotopic (exact) mass is 444 g/mol. The number of Topliss-reactive ketones (excluding diaryl/α,β-unsaturated/α-hetero) is 3. The van der Waals surface area contributed by atoms with E-state index in [1.165, 1.54) is 18.9 Å². The summed E-state index contributed by atoms with van der Waals surface area (Å²) in [5, 5.41) is 0. The van der Waals surface area contributed by atoms with Crippen molar-refractivity contribution in [3.05, 3.63) is 34.4 Å². The maximum absolute atomic E-state index is 12.8. The summed E-state index contributed by atoms with van der Waals surface area (Å²) in [6.45, 7) is 18.0. The lowest BCUT2D eigenvalue weighted by Crippen LogP contribution is -2.29. The summed E-state index contributed by atoms with van der Waals surface area (Å²) < 4.78 is 0. The molecule has 3 nitrogen and oxygen atoms in total. The van der Waals surface area contributed by atoms with E-state index in [1.54, 1.807) is 0 Å². The standard InChI is InChI=1S/C24H34O3.C3H8.C2H6/c1-6-8-19(21(7-2)22(26)11-16(4)25)12-18-13-20-10-9-15(3)17(5)24(20)23(27)14-18;1-3-2;1-2/h9-10,18-19,21H,6-8,11-14H2,1-5H3;3H2,1-2H3;1-2H3. The first-order valence-corrected chi connectivity index (χ1v) is 12.8. The van der Waals surface area contributed by atoms with Gasteiger partial charge in [-0.2, -0.15) is 0 Å². The smallest absolute Gasteiger partial charge is 0.163 e. The molecule has 0 saturated heterocycles. The Morgan fingerprint density at radius 3 is 2.12 bits per heavy atom. The van der Waals surface area contributed by atoms with E-state index in [0.717, 1.165) is 48.8 Å². The minimum absolute atomic E-state index is 0.0453. The fourth-order valence-electron chi connectivity index (χ4n) is 4.83. The second-order valence-electron chi connectivity index (χ2n) is 9.09. The molecule has 3 unspecified atom stereocenters. The van der Waals surface area contributed by atoms with E-state index in [1.807, 2.05) is 27.7 Å². The fraction of sp³-hybridized carbons (Fsp3) is 0.690. The Kier molecular flexibility index (Phi) is 15.1. The highest BCUT2D eigenvalue weighted by atomic mass is 16.1. The molecule has 0 fully saturated rings. The van der Waals surface area contributed by atoms with Crippen molar-refractivity contribution < 1.29 is 14.4 Å². The number of carbonyl (C=O) groups is 3. The van der Waals surface area contributed by atoms with E-state index in [2.05, 4.69) is 39.8 Å². The Hall–Kier alpha value is -1.77. The van der Waals surface area contributed by atoms with Crippen LogP contribution in [0.3, 0.4) is 0 Å². The minimum Gasteiger partial charge on any atom is -0.300 e. The van der Waals surface area contributed by atoms with Gasteiger partial charge in [-0.15, -0.1) is 0 Å². The van der Waals surface area contributed by atoms with Crippen molar-refractivity contribution in [2.24, 2.45) is 17.8 Å². The van der Waals surface area contributed by atoms with Gasteiger partial charge >= 0.3 is 0 Å². The van der Waals surface area contributed by atoms with Crippen LogP contribution in [0.25, 0.3) is 0 Å². The van der Waals surface area contributed by atoms with Crippen LogP contribution in [0.1, 0.15) is 120 Å². The molecule has 0 aliphatic heterocycles. The number of rotatable bonds is 9. The average molecular weight is 445 g/mol. The number of fused-ring (bicyclic) bond motifs is 1. The summed E-state index contributed by atoms with van der Waals surface area (Å²) in [5.41, 5.74) is 4.38. The third kappa shape index (κ3) is 9.00. The first-order valence-electron chi connectivity index (χ1n) is 12.8. The van der Waals surface area contributed by atoms with Crippen LogP contribution in [-0.4, -0.2) is 17.3 Å². The lowest BCUT2D eigenvalue weighted by Gasteiger charge is -2.32. The molecule has 0 bridgehead atoms. The topological polar surface area (TPSA) is 51.2 Å². The van der Waals surface area contributed by atoms with Gasteiger partial charge in [0, 0.05) is 17.9 Å². The third-order valence-corrected chi connectivity index (χ3v) is 6.22. The Morgan fingerprint density at radius 1 is 1.03 bits per heavy atom. The molecule has 3 atom stereocenters. The molecule has 0 heterocycles. The second kappa shape index (κ2) is 15.9. The summed E-state index contributed by atoms with van der Waals surface area (Å²) in [4.78, 5) is 36.8. The number of benzene rings is 1. The molecule has 1 aliphatic rings. The molecule has 32 heavy (non-hydrogen) atoms. The first kappa shape index (κ1) is 30.2. The second-order valence-corrected chi connectivity index (χ2v) is 9.09. The zero-order valence-corrected chi connectivity index (χ0v) is 22.3. The van der Waals surface area contributed by atoms with Gasteiger partial charge in [0.2, 0.25) is 0 Å². The van der Waals surface area contributed by atoms with Gasteiger partial charge in [0.1, 0.15) is 11.6 Å². The van der Waals surface area contributed by atoms with Crippen LogP contribution in [0.4, 0.5) is 0 Å². The Bertz CT molecular complexity index is 732. The SMILES string of the molecule is CC.CCC.CCCC(CC1CC(=O)c2c(ccc(C)c2C)C1)C(CC)C(=O)CC(C)=O. The molecule has 0 spiro atoms. The van der Waals surface area contributed by atoms with E-state index in [4.69, 9.17) is 0 Å². The van der Waals surface area contributed by atoms with Crippen LogP contribution >= 0.6 is 0 Å². The van der Waals surface area contributed by atoms with Gasteiger partial charge in [0.15, 0.2) is 5.78 Å². The van der Waals surface area contributed by atoms with Crippen LogP contribution in [-0.2, 0) is 16.0 Å². The van der Waals surface area contributed by atoms with Crippen molar-refractivity contribution in [2.45, 2.75) is 114 Å². The molecule has 1 aromatic carbocycles. The molecule has 0 radical (unpaired) electrons. The molecule has 3 heteroatoms. The van der Waals surface area contributed by atoms with Crippen molar-refractivity contribution in [3.63, 3.8) is 0 Å². The summed E-state index contributed by atoms with van der Waals surface area (Å²) in [5.74, 6) is 0.769. The Labute approximate surface area is 197 Å². The molecule has 0 aromatic heterocycles. The van der Waals surface area contributed by atoms with Gasteiger partial charge in [0.05, 0.1) is 6.42 Å². The van der Waals surface area contributed by atoms with E-state index in [0.29, 0.717) is 12.3 Å². The molecule has 0 N–H and O–H groups in total. The van der Waals surface area contributed by atoms with E-state index in [-0.39, 0.29) is 35.6 Å². The molecule has 0 saturated carbocycles. The number of aryl methyl sites for hydroxylation is 1. The van der Waals surface area contributed by atoms with E-state index in [9.17, 15) is 14.4 Å². The lowest BCUT2D eigenvalue weighted by molar-refractivity contribution is -0.129. The highest BCUT2D eigenvalue weighted by molar-refractivity contribution is 6.00. The molecular weight excluding hydrogens is 396 g/mol. The molecule has 1 aromatic rings. The maximum Gasteiger partial charge on any atom is 0.163 e. The Morgan fingerprint density at radius 2 is 1.62 bits per heavy atom. The number of carbonyl (C=O) groups excluding carboxylic acids is 3. The summed E-state index contributed by atoms with van der Waals surface area (Å²) in [6.07, 6.45) is 6.45. The number of hydrogen-bond donors (Lipinski definition) is 0. The largest absolute Gasteiger partial charge is 0.300 e. The van der Waals surface area contributed by atoms with Gasteiger partial charge in [0.25, 0.3) is 0 Å². The fourth-order valence-corrected chi connectivity index (χ4v) is 4.83. The van der Waals surface area contributed by atoms with Crippen LogP contribution < -0.4 is 0 Å². The Balaban J connectivity index is 0.00000177. The summed E-state index contributed by atoms with van der Waals surface area (Å²) >= 11 is 0. The quantitative estimate of drug-likeness (QED) is 0.364. The van der Waals surface area contributed by atoms with Crippen molar-refractivity contribution in [1.82, 2.24) is 0 Å². The predicted octanol–water partition coefficient (Wildman–Crippen LogP) is 7.87. The van der Waals surface area contributed by atoms with Crippen molar-refractivity contribution >= 4 is 17.3 Å². The lowest BCUT2D eigenvalue weighted by atomic mass is 9.72. The van der Waals surface area contributed by atoms with E-state index >= 15 is 0 Å². The molecule has 182 valence electrons. The molecular formula is C29H48O3. The highest BCUT2D eigenvalue weighted by Gasteiger charge is 2.33. The van der Waals surface area contributed by atoms with Crippen molar-refractivity contribution in [3.8, 4) is 0 Å². The predicted molar refractivity (Wildman–Crippen MR) is 136 cm³/mol. The highest BCUT2D eigenvalue weighted by Crippen LogP contribution is 2.36. The van der Waals surface area contributed by atoms with Gasteiger partial charge < -0.3 is 0 Å². The first-order chi connectivity index (χ1) is 15.2. The molecule has 1 aliphatic carbocycles.